The number of amides is 1. The van der Waals surface area contributed by atoms with Gasteiger partial charge in [0.25, 0.3) is 5.56 Å². The number of nitrogens with zero attached hydrogens (tertiary/aromatic N) is 3. The number of rotatable bonds is 3. The topological polar surface area (TPSA) is 67.2 Å². The number of thiophene rings is 1. The van der Waals surface area contributed by atoms with Crippen LogP contribution in [0.1, 0.15) is 29.8 Å². The fraction of sp³-hybridized carbons (Fsp3) is 0.562. The monoisotopic (exact) mass is 334 g/mol. The number of piperazine rings is 1. The number of fused-ring (bicyclic) bond motifs is 1. The number of aryl methyl sites for hydroxylation is 2. The highest BCUT2D eigenvalue weighted by Crippen LogP contribution is 2.26. The van der Waals surface area contributed by atoms with Crippen molar-refractivity contribution in [2.75, 3.05) is 26.2 Å². The molecule has 0 aromatic carbocycles. The van der Waals surface area contributed by atoms with Crippen molar-refractivity contribution >= 4 is 27.5 Å². The summed E-state index contributed by atoms with van der Waals surface area (Å²) in [7, 11) is 0. The lowest BCUT2D eigenvalue weighted by atomic mass is 10.1. The standard InChI is InChI=1S/C16H22N4O2S/c1-4-12(15(21)19-7-5-17-6-8-19)20-9-18-14-13(16(20)22)10(2)11(3)23-14/h9,12,17H,4-8H2,1-3H3. The first-order valence-corrected chi connectivity index (χ1v) is 8.82. The number of aromatic nitrogens is 2. The molecule has 124 valence electrons. The van der Waals surface area contributed by atoms with Crippen molar-refractivity contribution in [2.24, 2.45) is 0 Å². The SMILES string of the molecule is CCC(C(=O)N1CCNCC1)n1cnc2sc(C)c(C)c2c1=O. The highest BCUT2D eigenvalue weighted by molar-refractivity contribution is 7.18. The van der Waals surface area contributed by atoms with E-state index in [0.717, 1.165) is 28.4 Å². The van der Waals surface area contributed by atoms with Crippen molar-refractivity contribution in [3.8, 4) is 0 Å². The Balaban J connectivity index is 2.02. The van der Waals surface area contributed by atoms with Crippen LogP contribution in [0.15, 0.2) is 11.1 Å². The van der Waals surface area contributed by atoms with Gasteiger partial charge in [-0.3, -0.25) is 14.2 Å². The molecule has 1 saturated heterocycles. The number of nitrogens with one attached hydrogen (secondary N) is 1. The molecule has 6 nitrogen and oxygen atoms in total. The predicted octanol–water partition coefficient (Wildman–Crippen LogP) is 1.46. The minimum absolute atomic E-state index is 0.0156. The summed E-state index contributed by atoms with van der Waals surface area (Å²) in [5, 5.41) is 3.89. The van der Waals surface area contributed by atoms with Crippen LogP contribution in [0.2, 0.25) is 0 Å². The molecule has 0 aliphatic carbocycles. The maximum Gasteiger partial charge on any atom is 0.263 e. The molecule has 1 amide bonds. The van der Waals surface area contributed by atoms with Gasteiger partial charge in [-0.2, -0.15) is 0 Å². The molecule has 1 unspecified atom stereocenters. The summed E-state index contributed by atoms with van der Waals surface area (Å²) in [6.07, 6.45) is 2.12. The molecule has 2 aromatic rings. The summed E-state index contributed by atoms with van der Waals surface area (Å²) >= 11 is 1.53. The third-order valence-electron chi connectivity index (χ3n) is 4.55. The predicted molar refractivity (Wildman–Crippen MR) is 92.1 cm³/mol. The smallest absolute Gasteiger partial charge is 0.263 e. The van der Waals surface area contributed by atoms with E-state index in [0.29, 0.717) is 24.9 Å². The minimum atomic E-state index is -0.475. The Labute approximate surface area is 139 Å². The Bertz CT molecular complexity index is 789. The van der Waals surface area contributed by atoms with E-state index >= 15 is 0 Å². The number of carbonyl (C=O) groups excluding carboxylic acids is 1. The molecule has 0 saturated carbocycles. The molecular formula is C16H22N4O2S. The highest BCUT2D eigenvalue weighted by Gasteiger charge is 2.27. The molecule has 1 aliphatic heterocycles. The Hall–Kier alpha value is -1.73. The molecule has 0 radical (unpaired) electrons. The van der Waals surface area contributed by atoms with Crippen LogP contribution in [0, 0.1) is 13.8 Å². The summed E-state index contributed by atoms with van der Waals surface area (Å²) in [5.74, 6) is 0.0156. The lowest BCUT2D eigenvalue weighted by Gasteiger charge is -2.31. The zero-order valence-corrected chi connectivity index (χ0v) is 14.6. The van der Waals surface area contributed by atoms with Gasteiger partial charge in [-0.25, -0.2) is 4.98 Å². The Morgan fingerprint density at radius 3 is 2.74 bits per heavy atom. The average molecular weight is 334 g/mol. The Kier molecular flexibility index (Phi) is 4.50. The summed E-state index contributed by atoms with van der Waals surface area (Å²) < 4.78 is 1.52. The summed E-state index contributed by atoms with van der Waals surface area (Å²) in [5.41, 5.74) is 0.869. The van der Waals surface area contributed by atoms with Gasteiger partial charge in [0.05, 0.1) is 11.7 Å². The van der Waals surface area contributed by atoms with Gasteiger partial charge in [-0.15, -0.1) is 11.3 Å². The van der Waals surface area contributed by atoms with Crippen LogP contribution in [-0.4, -0.2) is 46.5 Å². The van der Waals surface area contributed by atoms with Gasteiger partial charge in [0, 0.05) is 31.1 Å². The molecule has 7 heteroatoms. The molecule has 3 rings (SSSR count). The van der Waals surface area contributed by atoms with Gasteiger partial charge in [-0.1, -0.05) is 6.92 Å². The second-order valence-electron chi connectivity index (χ2n) is 5.92. The Morgan fingerprint density at radius 2 is 2.09 bits per heavy atom. The van der Waals surface area contributed by atoms with E-state index in [1.807, 2.05) is 25.7 Å². The summed E-state index contributed by atoms with van der Waals surface area (Å²) in [6.45, 7) is 8.86. The largest absolute Gasteiger partial charge is 0.338 e. The van der Waals surface area contributed by atoms with Crippen molar-refractivity contribution < 1.29 is 4.79 Å². The van der Waals surface area contributed by atoms with Crippen molar-refractivity contribution in [2.45, 2.75) is 33.2 Å². The van der Waals surface area contributed by atoms with E-state index in [4.69, 9.17) is 0 Å². The molecule has 1 atom stereocenters. The lowest BCUT2D eigenvalue weighted by molar-refractivity contribution is -0.135. The average Bonchev–Trinajstić information content (AvgIpc) is 2.86. The fourth-order valence-corrected chi connectivity index (χ4v) is 4.04. The van der Waals surface area contributed by atoms with E-state index < -0.39 is 6.04 Å². The van der Waals surface area contributed by atoms with Crippen LogP contribution in [0.5, 0.6) is 0 Å². The molecule has 2 aromatic heterocycles. The first-order valence-electron chi connectivity index (χ1n) is 8.01. The van der Waals surface area contributed by atoms with E-state index in [1.165, 1.54) is 22.2 Å². The molecular weight excluding hydrogens is 312 g/mol. The fourth-order valence-electron chi connectivity index (χ4n) is 3.06. The molecule has 1 fully saturated rings. The summed E-state index contributed by atoms with van der Waals surface area (Å²) in [6, 6.07) is -0.475. The van der Waals surface area contributed by atoms with Crippen LogP contribution < -0.4 is 10.9 Å². The van der Waals surface area contributed by atoms with Crippen LogP contribution in [0.4, 0.5) is 0 Å². The van der Waals surface area contributed by atoms with Gasteiger partial charge < -0.3 is 10.2 Å². The molecule has 0 spiro atoms. The third-order valence-corrected chi connectivity index (χ3v) is 5.67. The second-order valence-corrected chi connectivity index (χ2v) is 7.12. The Morgan fingerprint density at radius 1 is 1.39 bits per heavy atom. The van der Waals surface area contributed by atoms with Gasteiger partial charge in [-0.05, 0) is 25.8 Å². The van der Waals surface area contributed by atoms with Gasteiger partial charge in [0.1, 0.15) is 10.9 Å². The maximum atomic E-state index is 12.9. The van der Waals surface area contributed by atoms with Gasteiger partial charge in [0.15, 0.2) is 0 Å². The molecule has 1 aliphatic rings. The van der Waals surface area contributed by atoms with Crippen molar-refractivity contribution in [3.63, 3.8) is 0 Å². The van der Waals surface area contributed by atoms with Crippen molar-refractivity contribution in [3.05, 3.63) is 27.1 Å². The van der Waals surface area contributed by atoms with E-state index in [-0.39, 0.29) is 11.5 Å². The van der Waals surface area contributed by atoms with Crippen molar-refractivity contribution in [1.82, 2.24) is 19.8 Å². The summed E-state index contributed by atoms with van der Waals surface area (Å²) in [4.78, 5) is 33.8. The lowest BCUT2D eigenvalue weighted by Crippen LogP contribution is -2.49. The van der Waals surface area contributed by atoms with E-state index in [2.05, 4.69) is 10.3 Å². The molecule has 23 heavy (non-hydrogen) atoms. The normalized spacial score (nSPS) is 16.7. The zero-order chi connectivity index (χ0) is 16.6. The number of hydrogen-bond donors (Lipinski definition) is 1. The van der Waals surface area contributed by atoms with Crippen LogP contribution in [0.3, 0.4) is 0 Å². The number of hydrogen-bond acceptors (Lipinski definition) is 5. The first kappa shape index (κ1) is 16.1. The molecule has 0 bridgehead atoms. The van der Waals surface area contributed by atoms with E-state index in [1.54, 1.807) is 0 Å². The molecule has 1 N–H and O–H groups in total. The third kappa shape index (κ3) is 2.79. The number of carbonyl (C=O) groups is 1. The van der Waals surface area contributed by atoms with Crippen molar-refractivity contribution in [1.29, 1.82) is 0 Å². The first-order chi connectivity index (χ1) is 11.0. The zero-order valence-electron chi connectivity index (χ0n) is 13.8. The van der Waals surface area contributed by atoms with Crippen LogP contribution in [0.25, 0.3) is 10.2 Å². The minimum Gasteiger partial charge on any atom is -0.338 e. The van der Waals surface area contributed by atoms with Gasteiger partial charge in [0.2, 0.25) is 5.91 Å². The van der Waals surface area contributed by atoms with E-state index in [9.17, 15) is 9.59 Å². The van der Waals surface area contributed by atoms with Crippen LogP contribution in [-0.2, 0) is 4.79 Å². The highest BCUT2D eigenvalue weighted by atomic mass is 32.1. The molecule has 3 heterocycles. The van der Waals surface area contributed by atoms with Gasteiger partial charge >= 0.3 is 0 Å². The van der Waals surface area contributed by atoms with Crippen LogP contribution >= 0.6 is 11.3 Å². The quantitative estimate of drug-likeness (QED) is 0.923. The second kappa shape index (κ2) is 6.41. The maximum absolute atomic E-state index is 12.9.